The molecule has 4 nitrogen and oxygen atoms in total. The SMILES string of the molecule is COc1cc(/C=N\NCc2c(Cl)cccc2Cl)ccc1OCc1ccc(I)cc1. The van der Waals surface area contributed by atoms with Crippen LogP contribution in [0.1, 0.15) is 16.7 Å². The zero-order chi connectivity index (χ0) is 20.6. The predicted octanol–water partition coefficient (Wildman–Crippen LogP) is 6.31. The number of ether oxygens (including phenoxy) is 2. The average Bonchev–Trinajstić information content (AvgIpc) is 2.73. The molecule has 0 spiro atoms. The first-order chi connectivity index (χ1) is 14.1. The number of methoxy groups -OCH3 is 1. The molecule has 0 aliphatic carbocycles. The molecule has 150 valence electrons. The van der Waals surface area contributed by atoms with E-state index >= 15 is 0 Å². The van der Waals surface area contributed by atoms with Gasteiger partial charge in [0.15, 0.2) is 11.5 Å². The monoisotopic (exact) mass is 540 g/mol. The molecule has 7 heteroatoms. The quantitative estimate of drug-likeness (QED) is 0.207. The van der Waals surface area contributed by atoms with E-state index in [0.29, 0.717) is 34.7 Å². The molecule has 0 aliphatic heterocycles. The van der Waals surface area contributed by atoms with E-state index in [9.17, 15) is 0 Å². The number of nitrogens with zero attached hydrogens (tertiary/aromatic N) is 1. The normalized spacial score (nSPS) is 10.9. The minimum Gasteiger partial charge on any atom is -0.493 e. The lowest BCUT2D eigenvalue weighted by Crippen LogP contribution is -2.06. The molecular formula is C22H19Cl2IN2O2. The largest absolute Gasteiger partial charge is 0.493 e. The van der Waals surface area contributed by atoms with Gasteiger partial charge in [0.2, 0.25) is 0 Å². The molecule has 3 rings (SSSR count). The topological polar surface area (TPSA) is 42.8 Å². The summed E-state index contributed by atoms with van der Waals surface area (Å²) in [6.07, 6.45) is 1.70. The molecule has 0 atom stereocenters. The first-order valence-corrected chi connectivity index (χ1v) is 10.6. The molecule has 0 fully saturated rings. The highest BCUT2D eigenvalue weighted by atomic mass is 127. The highest BCUT2D eigenvalue weighted by Gasteiger charge is 2.06. The average molecular weight is 541 g/mol. The number of halogens is 3. The summed E-state index contributed by atoms with van der Waals surface area (Å²) in [5, 5.41) is 5.45. The molecule has 0 aliphatic rings. The summed E-state index contributed by atoms with van der Waals surface area (Å²) in [6, 6.07) is 19.3. The van der Waals surface area contributed by atoms with Gasteiger partial charge in [-0.15, -0.1) is 0 Å². The Morgan fingerprint density at radius 1 is 1.00 bits per heavy atom. The van der Waals surface area contributed by atoms with Gasteiger partial charge in [-0.05, 0) is 76.2 Å². The van der Waals surface area contributed by atoms with Gasteiger partial charge < -0.3 is 14.9 Å². The smallest absolute Gasteiger partial charge is 0.161 e. The van der Waals surface area contributed by atoms with Gasteiger partial charge in [0.05, 0.1) is 19.9 Å². The van der Waals surface area contributed by atoms with Crippen LogP contribution in [0, 0.1) is 3.57 Å². The second kappa shape index (κ2) is 10.7. The maximum Gasteiger partial charge on any atom is 0.161 e. The van der Waals surface area contributed by atoms with Crippen LogP contribution in [0.5, 0.6) is 11.5 Å². The summed E-state index contributed by atoms with van der Waals surface area (Å²) in [4.78, 5) is 0. The highest BCUT2D eigenvalue weighted by Crippen LogP contribution is 2.28. The fourth-order valence-corrected chi connectivity index (χ4v) is 3.46. The molecule has 0 amide bonds. The number of hydrogen-bond donors (Lipinski definition) is 1. The van der Waals surface area contributed by atoms with Crippen molar-refractivity contribution in [2.24, 2.45) is 5.10 Å². The van der Waals surface area contributed by atoms with Gasteiger partial charge in [0.1, 0.15) is 6.61 Å². The Hall–Kier alpha value is -1.96. The van der Waals surface area contributed by atoms with Gasteiger partial charge in [-0.1, -0.05) is 41.4 Å². The summed E-state index contributed by atoms with van der Waals surface area (Å²) in [5.74, 6) is 1.33. The molecule has 29 heavy (non-hydrogen) atoms. The van der Waals surface area contributed by atoms with E-state index in [1.54, 1.807) is 25.5 Å². The van der Waals surface area contributed by atoms with E-state index in [2.05, 4.69) is 45.3 Å². The number of hydrazone groups is 1. The van der Waals surface area contributed by atoms with E-state index in [1.165, 1.54) is 3.57 Å². The summed E-state index contributed by atoms with van der Waals surface area (Å²) in [6.45, 7) is 0.907. The van der Waals surface area contributed by atoms with Gasteiger partial charge in [-0.2, -0.15) is 5.10 Å². The molecule has 3 aromatic carbocycles. The van der Waals surface area contributed by atoms with E-state index in [-0.39, 0.29) is 0 Å². The zero-order valence-electron chi connectivity index (χ0n) is 15.7. The molecule has 0 unspecified atom stereocenters. The third kappa shape index (κ3) is 6.26. The number of nitrogens with one attached hydrogen (secondary N) is 1. The van der Waals surface area contributed by atoms with Crippen LogP contribution in [-0.2, 0) is 13.2 Å². The van der Waals surface area contributed by atoms with Crippen LogP contribution in [0.4, 0.5) is 0 Å². The molecule has 0 heterocycles. The van der Waals surface area contributed by atoms with Crippen molar-refractivity contribution in [3.63, 3.8) is 0 Å². The van der Waals surface area contributed by atoms with Crippen molar-refractivity contribution in [2.45, 2.75) is 13.2 Å². The van der Waals surface area contributed by atoms with Crippen LogP contribution in [0.3, 0.4) is 0 Å². The Kier molecular flexibility index (Phi) is 8.03. The second-order valence-electron chi connectivity index (χ2n) is 6.12. The maximum atomic E-state index is 6.16. The van der Waals surface area contributed by atoms with E-state index in [1.807, 2.05) is 36.4 Å². The molecule has 0 bridgehead atoms. The lowest BCUT2D eigenvalue weighted by Gasteiger charge is -2.11. The zero-order valence-corrected chi connectivity index (χ0v) is 19.3. The van der Waals surface area contributed by atoms with Gasteiger partial charge in [0, 0.05) is 19.2 Å². The van der Waals surface area contributed by atoms with Crippen LogP contribution in [-0.4, -0.2) is 13.3 Å². The standard InChI is InChI=1S/C22H19Cl2IN2O2/c1-28-22-11-16(12-26-27-13-18-19(23)3-2-4-20(18)24)7-10-21(22)29-14-15-5-8-17(25)9-6-15/h2-12,27H,13-14H2,1H3/b26-12-. The van der Waals surface area contributed by atoms with Crippen molar-refractivity contribution in [1.29, 1.82) is 0 Å². The summed E-state index contributed by atoms with van der Waals surface area (Å²) in [7, 11) is 1.62. The fraction of sp³-hybridized carbons (Fsp3) is 0.136. The number of hydrogen-bond acceptors (Lipinski definition) is 4. The van der Waals surface area contributed by atoms with Gasteiger partial charge in [-0.3, -0.25) is 0 Å². The third-order valence-corrected chi connectivity index (χ3v) is 5.55. The Bertz CT molecular complexity index is 974. The van der Waals surface area contributed by atoms with E-state index < -0.39 is 0 Å². The van der Waals surface area contributed by atoms with Crippen LogP contribution in [0.15, 0.2) is 65.8 Å². The Labute approximate surface area is 194 Å². The molecule has 0 radical (unpaired) electrons. The lowest BCUT2D eigenvalue weighted by molar-refractivity contribution is 0.284. The minimum absolute atomic E-state index is 0.434. The maximum absolute atomic E-state index is 6.16. The van der Waals surface area contributed by atoms with Crippen molar-refractivity contribution in [1.82, 2.24) is 5.43 Å². The second-order valence-corrected chi connectivity index (χ2v) is 8.18. The molecule has 0 aromatic heterocycles. The minimum atomic E-state index is 0.434. The molecule has 1 N–H and O–H groups in total. The summed E-state index contributed by atoms with van der Waals surface area (Å²) >= 11 is 14.6. The lowest BCUT2D eigenvalue weighted by atomic mass is 10.2. The first-order valence-electron chi connectivity index (χ1n) is 8.81. The van der Waals surface area contributed by atoms with Gasteiger partial charge >= 0.3 is 0 Å². The highest BCUT2D eigenvalue weighted by molar-refractivity contribution is 14.1. The van der Waals surface area contributed by atoms with Crippen molar-refractivity contribution in [3.8, 4) is 11.5 Å². The van der Waals surface area contributed by atoms with Crippen molar-refractivity contribution >= 4 is 52.0 Å². The Morgan fingerprint density at radius 3 is 2.41 bits per heavy atom. The van der Waals surface area contributed by atoms with Crippen LogP contribution in [0.2, 0.25) is 10.0 Å². The van der Waals surface area contributed by atoms with Crippen LogP contribution < -0.4 is 14.9 Å². The summed E-state index contributed by atoms with van der Waals surface area (Å²) < 4.78 is 12.6. The van der Waals surface area contributed by atoms with Gasteiger partial charge in [-0.25, -0.2) is 0 Å². The Balaban J connectivity index is 1.60. The molecular weight excluding hydrogens is 522 g/mol. The molecule has 0 saturated carbocycles. The van der Waals surface area contributed by atoms with Crippen molar-refractivity contribution in [3.05, 3.63) is 91.0 Å². The number of rotatable bonds is 8. The fourth-order valence-electron chi connectivity index (χ4n) is 2.57. The third-order valence-electron chi connectivity index (χ3n) is 4.12. The predicted molar refractivity (Wildman–Crippen MR) is 127 cm³/mol. The number of benzene rings is 3. The van der Waals surface area contributed by atoms with Crippen LogP contribution >= 0.6 is 45.8 Å². The summed E-state index contributed by atoms with van der Waals surface area (Å²) in [5.41, 5.74) is 5.75. The Morgan fingerprint density at radius 2 is 1.72 bits per heavy atom. The van der Waals surface area contributed by atoms with Crippen LogP contribution in [0.25, 0.3) is 0 Å². The van der Waals surface area contributed by atoms with Crippen molar-refractivity contribution < 1.29 is 9.47 Å². The first kappa shape index (κ1) is 21.7. The van der Waals surface area contributed by atoms with E-state index in [0.717, 1.165) is 16.7 Å². The van der Waals surface area contributed by atoms with Gasteiger partial charge in [0.25, 0.3) is 0 Å². The van der Waals surface area contributed by atoms with Crippen molar-refractivity contribution in [2.75, 3.05) is 7.11 Å². The molecule has 3 aromatic rings. The molecule has 0 saturated heterocycles. The van der Waals surface area contributed by atoms with E-state index in [4.69, 9.17) is 32.7 Å².